The molecule has 0 bridgehead atoms. The highest BCUT2D eigenvalue weighted by Gasteiger charge is 2.16. The maximum atomic E-state index is 12.0. The quantitative estimate of drug-likeness (QED) is 0.753. The Kier molecular flexibility index (Phi) is 5.55. The first-order valence-electron chi connectivity index (χ1n) is 5.08. The molecule has 90 valence electrons. The predicted octanol–water partition coefficient (Wildman–Crippen LogP) is 2.07. The van der Waals surface area contributed by atoms with Crippen molar-refractivity contribution < 1.29 is 13.9 Å². The first-order chi connectivity index (χ1) is 7.69. The van der Waals surface area contributed by atoms with E-state index in [9.17, 15) is 4.79 Å². The van der Waals surface area contributed by atoms with Crippen LogP contribution in [0, 0.1) is 6.92 Å². The molecule has 4 nitrogen and oxygen atoms in total. The smallest absolute Gasteiger partial charge is 0.257 e. The van der Waals surface area contributed by atoms with Crippen LogP contribution in [-0.4, -0.2) is 42.9 Å². The molecule has 0 saturated heterocycles. The van der Waals surface area contributed by atoms with Crippen molar-refractivity contribution in [1.82, 2.24) is 4.90 Å². The van der Waals surface area contributed by atoms with E-state index in [1.165, 1.54) is 6.26 Å². The second-order valence-electron chi connectivity index (χ2n) is 3.42. The Labute approximate surface area is 104 Å². The van der Waals surface area contributed by atoms with Gasteiger partial charge in [-0.25, -0.2) is 0 Å². The number of hydrogen-bond donors (Lipinski definition) is 0. The number of carbonyl (C=O) groups excluding carboxylic acids is 1. The molecule has 1 aromatic rings. The van der Waals surface area contributed by atoms with Crippen LogP contribution in [-0.2, 0) is 4.74 Å². The van der Waals surface area contributed by atoms with Crippen molar-refractivity contribution in [3.8, 4) is 0 Å². The Morgan fingerprint density at radius 3 is 2.81 bits per heavy atom. The highest BCUT2D eigenvalue weighted by molar-refractivity contribution is 9.09. The van der Waals surface area contributed by atoms with Crippen molar-refractivity contribution >= 4 is 21.8 Å². The lowest BCUT2D eigenvalue weighted by Crippen LogP contribution is -2.35. The number of amides is 1. The maximum absolute atomic E-state index is 12.0. The lowest BCUT2D eigenvalue weighted by molar-refractivity contribution is 0.0708. The predicted molar refractivity (Wildman–Crippen MR) is 65.0 cm³/mol. The molecule has 0 N–H and O–H groups in total. The first-order valence-corrected chi connectivity index (χ1v) is 6.20. The van der Waals surface area contributed by atoms with Crippen LogP contribution < -0.4 is 0 Å². The molecule has 0 unspecified atom stereocenters. The van der Waals surface area contributed by atoms with Crippen LogP contribution in [0.15, 0.2) is 16.7 Å². The Morgan fingerprint density at radius 2 is 2.31 bits per heavy atom. The fraction of sp³-hybridized carbons (Fsp3) is 0.545. The van der Waals surface area contributed by atoms with Crippen LogP contribution >= 0.6 is 15.9 Å². The van der Waals surface area contributed by atoms with Gasteiger partial charge in [-0.3, -0.25) is 4.79 Å². The summed E-state index contributed by atoms with van der Waals surface area (Å²) in [6.07, 6.45) is 1.49. The molecule has 1 amide bonds. The number of methoxy groups -OCH3 is 1. The number of rotatable bonds is 6. The molecule has 16 heavy (non-hydrogen) atoms. The zero-order valence-corrected chi connectivity index (χ0v) is 11.1. The summed E-state index contributed by atoms with van der Waals surface area (Å²) in [6, 6.07) is 1.75. The SMILES string of the molecule is COCCN(CCBr)C(=O)c1coc(C)c1. The molecule has 1 heterocycles. The Balaban J connectivity index is 2.66. The molecule has 5 heteroatoms. The number of ether oxygens (including phenoxy) is 1. The van der Waals surface area contributed by atoms with Crippen molar-refractivity contribution in [3.63, 3.8) is 0 Å². The Hall–Kier alpha value is -0.810. The molecule has 0 radical (unpaired) electrons. The van der Waals surface area contributed by atoms with Crippen molar-refractivity contribution in [2.45, 2.75) is 6.92 Å². The van der Waals surface area contributed by atoms with E-state index in [2.05, 4.69) is 15.9 Å². The first kappa shape index (κ1) is 13.3. The van der Waals surface area contributed by atoms with E-state index in [4.69, 9.17) is 9.15 Å². The molecule has 0 fully saturated rings. The molecule has 0 saturated carbocycles. The van der Waals surface area contributed by atoms with Crippen molar-refractivity contribution in [2.75, 3.05) is 32.1 Å². The summed E-state index contributed by atoms with van der Waals surface area (Å²) in [4.78, 5) is 13.8. The van der Waals surface area contributed by atoms with Gasteiger partial charge in [0.15, 0.2) is 0 Å². The largest absolute Gasteiger partial charge is 0.469 e. The van der Waals surface area contributed by atoms with Gasteiger partial charge >= 0.3 is 0 Å². The number of aryl methyl sites for hydroxylation is 1. The van der Waals surface area contributed by atoms with Crippen molar-refractivity contribution in [3.05, 3.63) is 23.7 Å². The second kappa shape index (κ2) is 6.70. The highest BCUT2D eigenvalue weighted by Crippen LogP contribution is 2.10. The topological polar surface area (TPSA) is 42.7 Å². The summed E-state index contributed by atoms with van der Waals surface area (Å²) in [5, 5.41) is 0.749. The molecular formula is C11H16BrNO3. The van der Waals surface area contributed by atoms with Gasteiger partial charge in [0.1, 0.15) is 12.0 Å². The summed E-state index contributed by atoms with van der Waals surface area (Å²) in [5.74, 6) is 0.724. The van der Waals surface area contributed by atoms with E-state index in [1.54, 1.807) is 18.1 Å². The fourth-order valence-corrected chi connectivity index (χ4v) is 1.78. The lowest BCUT2D eigenvalue weighted by atomic mass is 10.2. The van der Waals surface area contributed by atoms with E-state index in [1.807, 2.05) is 6.92 Å². The summed E-state index contributed by atoms with van der Waals surface area (Å²) in [7, 11) is 1.62. The average molecular weight is 290 g/mol. The van der Waals surface area contributed by atoms with Crippen LogP contribution in [0.3, 0.4) is 0 Å². The number of carbonyl (C=O) groups is 1. The fourth-order valence-electron chi connectivity index (χ4n) is 1.36. The molecule has 1 rings (SSSR count). The Morgan fingerprint density at radius 1 is 1.56 bits per heavy atom. The van der Waals surface area contributed by atoms with Gasteiger partial charge in [-0.1, -0.05) is 15.9 Å². The lowest BCUT2D eigenvalue weighted by Gasteiger charge is -2.20. The number of nitrogens with zero attached hydrogens (tertiary/aromatic N) is 1. The van der Waals surface area contributed by atoms with Crippen LogP contribution in [0.25, 0.3) is 0 Å². The summed E-state index contributed by atoms with van der Waals surface area (Å²) in [5.41, 5.74) is 0.592. The van der Waals surface area contributed by atoms with Crippen molar-refractivity contribution in [2.24, 2.45) is 0 Å². The summed E-state index contributed by atoms with van der Waals surface area (Å²) < 4.78 is 10.1. The minimum absolute atomic E-state index is 0.0200. The molecule has 0 aliphatic heterocycles. The molecule has 0 spiro atoms. The summed E-state index contributed by atoms with van der Waals surface area (Å²) >= 11 is 3.33. The van der Waals surface area contributed by atoms with Gasteiger partial charge < -0.3 is 14.1 Å². The number of halogens is 1. The molecule has 1 aromatic heterocycles. The zero-order valence-electron chi connectivity index (χ0n) is 9.53. The highest BCUT2D eigenvalue weighted by atomic mass is 79.9. The van der Waals surface area contributed by atoms with Crippen molar-refractivity contribution in [1.29, 1.82) is 0 Å². The third kappa shape index (κ3) is 3.64. The normalized spacial score (nSPS) is 10.4. The number of hydrogen-bond acceptors (Lipinski definition) is 3. The van der Waals surface area contributed by atoms with Gasteiger partial charge in [0.25, 0.3) is 5.91 Å². The van der Waals surface area contributed by atoms with E-state index < -0.39 is 0 Å². The van der Waals surface area contributed by atoms with Crippen LogP contribution in [0.1, 0.15) is 16.1 Å². The van der Waals surface area contributed by atoms with Gasteiger partial charge in [-0.05, 0) is 13.0 Å². The number of alkyl halides is 1. The average Bonchev–Trinajstić information content (AvgIpc) is 2.70. The minimum Gasteiger partial charge on any atom is -0.469 e. The van der Waals surface area contributed by atoms with Gasteiger partial charge in [0, 0.05) is 25.5 Å². The molecule has 0 aromatic carbocycles. The van der Waals surface area contributed by atoms with E-state index in [0.29, 0.717) is 25.3 Å². The van der Waals surface area contributed by atoms with Gasteiger partial charge in [-0.2, -0.15) is 0 Å². The van der Waals surface area contributed by atoms with Gasteiger partial charge in [0.2, 0.25) is 0 Å². The molecular weight excluding hydrogens is 274 g/mol. The van der Waals surface area contributed by atoms with Crippen LogP contribution in [0.2, 0.25) is 0 Å². The second-order valence-corrected chi connectivity index (χ2v) is 4.21. The summed E-state index contributed by atoms with van der Waals surface area (Å²) in [6.45, 7) is 3.61. The van der Waals surface area contributed by atoms with E-state index in [-0.39, 0.29) is 5.91 Å². The van der Waals surface area contributed by atoms with E-state index >= 15 is 0 Å². The maximum Gasteiger partial charge on any atom is 0.257 e. The molecule has 0 aliphatic rings. The standard InChI is InChI=1S/C11H16BrNO3/c1-9-7-10(8-16-9)11(14)13(4-3-12)5-6-15-2/h7-8H,3-6H2,1-2H3. The van der Waals surface area contributed by atoms with Crippen LogP contribution in [0.5, 0.6) is 0 Å². The third-order valence-electron chi connectivity index (χ3n) is 2.18. The molecule has 0 atom stereocenters. The van der Waals surface area contributed by atoms with Crippen LogP contribution in [0.4, 0.5) is 0 Å². The number of furan rings is 1. The zero-order chi connectivity index (χ0) is 12.0. The minimum atomic E-state index is -0.0200. The van der Waals surface area contributed by atoms with Gasteiger partial charge in [-0.15, -0.1) is 0 Å². The monoisotopic (exact) mass is 289 g/mol. The Bertz CT molecular complexity index is 338. The third-order valence-corrected chi connectivity index (χ3v) is 2.54. The molecule has 0 aliphatic carbocycles. The van der Waals surface area contributed by atoms with E-state index in [0.717, 1.165) is 11.1 Å². The van der Waals surface area contributed by atoms with Gasteiger partial charge in [0.05, 0.1) is 12.2 Å².